The number of methoxy groups -OCH3 is 1. The Balaban J connectivity index is 1.88. The topological polar surface area (TPSA) is 76.1 Å². The molecule has 0 bridgehead atoms. The average Bonchev–Trinajstić information content (AvgIpc) is 2.58. The summed E-state index contributed by atoms with van der Waals surface area (Å²) in [4.78, 5) is 20.4. The van der Waals surface area contributed by atoms with E-state index in [1.165, 1.54) is 5.56 Å². The molecule has 2 rings (SSSR count). The normalized spacial score (nSPS) is 10.3. The SMILES string of the molecule is COCCCNC(=O)c1ccnc(NCc2ccc(C)cc2)n1. The molecule has 0 spiro atoms. The number of nitrogens with zero attached hydrogens (tertiary/aromatic N) is 2. The van der Waals surface area contributed by atoms with Crippen molar-refractivity contribution in [2.75, 3.05) is 25.6 Å². The van der Waals surface area contributed by atoms with Crippen molar-refractivity contribution in [3.8, 4) is 0 Å². The summed E-state index contributed by atoms with van der Waals surface area (Å²) >= 11 is 0. The highest BCUT2D eigenvalue weighted by atomic mass is 16.5. The van der Waals surface area contributed by atoms with Crippen LogP contribution in [-0.4, -0.2) is 36.1 Å². The van der Waals surface area contributed by atoms with E-state index in [2.05, 4.69) is 51.8 Å². The van der Waals surface area contributed by atoms with Crippen molar-refractivity contribution < 1.29 is 9.53 Å². The minimum Gasteiger partial charge on any atom is -0.385 e. The first-order chi connectivity index (χ1) is 11.2. The van der Waals surface area contributed by atoms with Gasteiger partial charge in [-0.2, -0.15) is 0 Å². The molecule has 1 aromatic heterocycles. The lowest BCUT2D eigenvalue weighted by Gasteiger charge is -2.07. The second-order valence-corrected chi connectivity index (χ2v) is 5.21. The molecule has 1 heterocycles. The van der Waals surface area contributed by atoms with E-state index in [0.29, 0.717) is 31.3 Å². The van der Waals surface area contributed by atoms with Crippen LogP contribution in [0.25, 0.3) is 0 Å². The zero-order chi connectivity index (χ0) is 16.5. The van der Waals surface area contributed by atoms with Crippen LogP contribution in [0.5, 0.6) is 0 Å². The predicted molar refractivity (Wildman–Crippen MR) is 89.4 cm³/mol. The predicted octanol–water partition coefficient (Wildman–Crippen LogP) is 2.16. The fraction of sp³-hybridized carbons (Fsp3) is 0.353. The van der Waals surface area contributed by atoms with E-state index < -0.39 is 0 Å². The van der Waals surface area contributed by atoms with Gasteiger partial charge in [-0.3, -0.25) is 4.79 Å². The van der Waals surface area contributed by atoms with Crippen molar-refractivity contribution in [2.24, 2.45) is 0 Å². The number of hydrogen-bond donors (Lipinski definition) is 2. The summed E-state index contributed by atoms with van der Waals surface area (Å²) in [7, 11) is 1.64. The first-order valence-corrected chi connectivity index (χ1v) is 7.58. The molecule has 6 heteroatoms. The zero-order valence-corrected chi connectivity index (χ0v) is 13.5. The van der Waals surface area contributed by atoms with Crippen LogP contribution in [0.3, 0.4) is 0 Å². The molecule has 1 aromatic carbocycles. The third-order valence-corrected chi connectivity index (χ3v) is 3.27. The first-order valence-electron chi connectivity index (χ1n) is 7.58. The van der Waals surface area contributed by atoms with Crippen molar-refractivity contribution in [3.05, 3.63) is 53.3 Å². The van der Waals surface area contributed by atoms with Crippen molar-refractivity contribution >= 4 is 11.9 Å². The molecule has 0 aliphatic heterocycles. The molecule has 0 saturated carbocycles. The van der Waals surface area contributed by atoms with Crippen LogP contribution in [0.1, 0.15) is 28.0 Å². The number of hydrogen-bond acceptors (Lipinski definition) is 5. The molecule has 2 N–H and O–H groups in total. The smallest absolute Gasteiger partial charge is 0.270 e. The summed E-state index contributed by atoms with van der Waals surface area (Å²) in [6.07, 6.45) is 2.35. The fourth-order valence-electron chi connectivity index (χ4n) is 1.97. The number of aryl methyl sites for hydroxylation is 1. The fourth-order valence-corrected chi connectivity index (χ4v) is 1.97. The number of amides is 1. The molecule has 6 nitrogen and oxygen atoms in total. The van der Waals surface area contributed by atoms with E-state index in [1.807, 2.05) is 0 Å². The van der Waals surface area contributed by atoms with Gasteiger partial charge in [0.15, 0.2) is 0 Å². The lowest BCUT2D eigenvalue weighted by molar-refractivity contribution is 0.0943. The number of ether oxygens (including phenoxy) is 1. The lowest BCUT2D eigenvalue weighted by Crippen LogP contribution is -2.26. The second-order valence-electron chi connectivity index (χ2n) is 5.21. The Morgan fingerprint density at radius 3 is 2.74 bits per heavy atom. The van der Waals surface area contributed by atoms with Gasteiger partial charge >= 0.3 is 0 Å². The summed E-state index contributed by atoms with van der Waals surface area (Å²) in [6, 6.07) is 9.82. The van der Waals surface area contributed by atoms with Crippen LogP contribution in [0.4, 0.5) is 5.95 Å². The van der Waals surface area contributed by atoms with Gasteiger partial charge in [0.25, 0.3) is 5.91 Å². The minimum atomic E-state index is -0.207. The number of rotatable bonds is 8. The van der Waals surface area contributed by atoms with Crippen LogP contribution in [0.2, 0.25) is 0 Å². The Bertz CT molecular complexity index is 629. The summed E-state index contributed by atoms with van der Waals surface area (Å²) < 4.78 is 4.94. The Morgan fingerprint density at radius 1 is 1.22 bits per heavy atom. The van der Waals surface area contributed by atoms with Gasteiger partial charge in [-0.05, 0) is 25.0 Å². The summed E-state index contributed by atoms with van der Waals surface area (Å²) in [6.45, 7) is 3.84. The van der Waals surface area contributed by atoms with Gasteiger partial charge in [0.1, 0.15) is 5.69 Å². The van der Waals surface area contributed by atoms with E-state index in [1.54, 1.807) is 19.4 Å². The van der Waals surface area contributed by atoms with Crippen molar-refractivity contribution in [1.82, 2.24) is 15.3 Å². The van der Waals surface area contributed by atoms with Crippen molar-refractivity contribution in [1.29, 1.82) is 0 Å². The van der Waals surface area contributed by atoms with Gasteiger partial charge in [0, 0.05) is 33.0 Å². The monoisotopic (exact) mass is 314 g/mol. The number of benzene rings is 1. The Kier molecular flexibility index (Phi) is 6.50. The van der Waals surface area contributed by atoms with Crippen LogP contribution in [0.15, 0.2) is 36.5 Å². The van der Waals surface area contributed by atoms with Crippen LogP contribution in [0, 0.1) is 6.92 Å². The Hall–Kier alpha value is -2.47. The lowest BCUT2D eigenvalue weighted by atomic mass is 10.1. The highest BCUT2D eigenvalue weighted by Gasteiger charge is 2.08. The number of anilines is 1. The molecule has 0 saturated heterocycles. The molecule has 122 valence electrons. The highest BCUT2D eigenvalue weighted by Crippen LogP contribution is 2.06. The van der Waals surface area contributed by atoms with Crippen LogP contribution in [-0.2, 0) is 11.3 Å². The van der Waals surface area contributed by atoms with Crippen LogP contribution >= 0.6 is 0 Å². The van der Waals surface area contributed by atoms with Gasteiger partial charge in [-0.15, -0.1) is 0 Å². The minimum absolute atomic E-state index is 0.207. The number of aromatic nitrogens is 2. The summed E-state index contributed by atoms with van der Waals surface area (Å²) in [5, 5.41) is 5.93. The van der Waals surface area contributed by atoms with E-state index in [4.69, 9.17) is 4.74 Å². The van der Waals surface area contributed by atoms with Crippen molar-refractivity contribution in [2.45, 2.75) is 19.9 Å². The highest BCUT2D eigenvalue weighted by molar-refractivity contribution is 5.92. The molecular weight excluding hydrogens is 292 g/mol. The quantitative estimate of drug-likeness (QED) is 0.730. The number of nitrogens with one attached hydrogen (secondary N) is 2. The van der Waals surface area contributed by atoms with Gasteiger partial charge in [0.2, 0.25) is 5.95 Å². The number of carbonyl (C=O) groups is 1. The molecule has 0 radical (unpaired) electrons. The van der Waals surface area contributed by atoms with E-state index >= 15 is 0 Å². The Labute approximate surface area is 136 Å². The van der Waals surface area contributed by atoms with Gasteiger partial charge in [-0.25, -0.2) is 9.97 Å². The molecular formula is C17H22N4O2. The average molecular weight is 314 g/mol. The van der Waals surface area contributed by atoms with E-state index in [-0.39, 0.29) is 5.91 Å². The first kappa shape index (κ1) is 16.9. The summed E-state index contributed by atoms with van der Waals surface area (Å²) in [5.74, 6) is 0.233. The summed E-state index contributed by atoms with van der Waals surface area (Å²) in [5.41, 5.74) is 2.70. The van der Waals surface area contributed by atoms with Gasteiger partial charge < -0.3 is 15.4 Å². The number of carbonyl (C=O) groups excluding carboxylic acids is 1. The molecule has 1 amide bonds. The second kappa shape index (κ2) is 8.85. The van der Waals surface area contributed by atoms with Crippen LogP contribution < -0.4 is 10.6 Å². The Morgan fingerprint density at radius 2 is 2.00 bits per heavy atom. The zero-order valence-electron chi connectivity index (χ0n) is 13.5. The molecule has 0 atom stereocenters. The maximum absolute atomic E-state index is 12.0. The maximum Gasteiger partial charge on any atom is 0.270 e. The molecule has 0 fully saturated rings. The third kappa shape index (κ3) is 5.67. The van der Waals surface area contributed by atoms with E-state index in [9.17, 15) is 4.79 Å². The standard InChI is InChI=1S/C17H22N4O2/c1-13-4-6-14(7-5-13)12-20-17-19-10-8-15(21-17)16(22)18-9-3-11-23-2/h4-8,10H,3,9,11-12H2,1-2H3,(H,18,22)(H,19,20,21). The van der Waals surface area contributed by atoms with Crippen molar-refractivity contribution in [3.63, 3.8) is 0 Å². The largest absolute Gasteiger partial charge is 0.385 e. The molecule has 0 aliphatic carbocycles. The van der Waals surface area contributed by atoms with Gasteiger partial charge in [-0.1, -0.05) is 29.8 Å². The molecule has 0 aliphatic rings. The van der Waals surface area contributed by atoms with Gasteiger partial charge in [0.05, 0.1) is 0 Å². The molecule has 2 aromatic rings. The maximum atomic E-state index is 12.0. The molecule has 0 unspecified atom stereocenters. The molecule has 23 heavy (non-hydrogen) atoms. The van der Waals surface area contributed by atoms with E-state index in [0.717, 1.165) is 12.0 Å². The third-order valence-electron chi connectivity index (χ3n) is 3.27.